The fourth-order valence-electron chi connectivity index (χ4n) is 4.04. The van der Waals surface area contributed by atoms with Gasteiger partial charge in [0.05, 0.1) is 23.7 Å². The van der Waals surface area contributed by atoms with Crippen LogP contribution in [0.25, 0.3) is 22.4 Å². The molecule has 3 rings (SSSR count). The van der Waals surface area contributed by atoms with Crippen molar-refractivity contribution in [1.29, 1.82) is 0 Å². The zero-order valence-electron chi connectivity index (χ0n) is 22.0. The van der Waals surface area contributed by atoms with E-state index in [1.165, 1.54) is 0 Å². The van der Waals surface area contributed by atoms with Gasteiger partial charge in [0.25, 0.3) is 5.56 Å². The van der Waals surface area contributed by atoms with Crippen LogP contribution in [0, 0.1) is 12.3 Å². The Labute approximate surface area is 206 Å². The molecule has 35 heavy (non-hydrogen) atoms. The molecule has 2 N–H and O–H groups in total. The highest BCUT2D eigenvalue weighted by molar-refractivity contribution is 5.81. The summed E-state index contributed by atoms with van der Waals surface area (Å²) >= 11 is 0. The van der Waals surface area contributed by atoms with E-state index in [9.17, 15) is 14.7 Å². The van der Waals surface area contributed by atoms with Gasteiger partial charge in [-0.15, -0.1) is 0 Å². The van der Waals surface area contributed by atoms with Gasteiger partial charge in [0.1, 0.15) is 11.9 Å². The second kappa shape index (κ2) is 10.3. The lowest BCUT2D eigenvalue weighted by Gasteiger charge is -2.23. The second-order valence-electron chi connectivity index (χ2n) is 10.8. The number of ether oxygens (including phenoxy) is 1. The maximum absolute atomic E-state index is 12.5. The number of benzene rings is 1. The molecule has 0 aliphatic rings. The van der Waals surface area contributed by atoms with E-state index in [1.807, 2.05) is 58.2 Å². The number of carbonyl (C=O) groups excluding carboxylic acids is 1. The van der Waals surface area contributed by atoms with E-state index in [0.29, 0.717) is 12.1 Å². The van der Waals surface area contributed by atoms with Gasteiger partial charge in [-0.2, -0.15) is 0 Å². The van der Waals surface area contributed by atoms with Gasteiger partial charge < -0.3 is 19.0 Å². The third kappa shape index (κ3) is 6.18. The molecule has 1 aromatic carbocycles. The topological polar surface area (TPSA) is 98.4 Å². The van der Waals surface area contributed by atoms with E-state index in [2.05, 4.69) is 23.7 Å². The monoisotopic (exact) mass is 482 g/mol. The summed E-state index contributed by atoms with van der Waals surface area (Å²) in [5.74, 6) is 0.332. The smallest absolute Gasteiger partial charge is 0.325 e. The zero-order valence-corrected chi connectivity index (χ0v) is 22.0. The molecule has 8 heteroatoms. The van der Waals surface area contributed by atoms with Crippen LogP contribution in [0.5, 0.6) is 0 Å². The maximum Gasteiger partial charge on any atom is 0.325 e. The van der Waals surface area contributed by atoms with Crippen LogP contribution in [0.2, 0.25) is 0 Å². The quantitative estimate of drug-likeness (QED) is 0.475. The molecule has 2 aromatic heterocycles. The molecule has 2 heterocycles. The number of nitrogens with zero attached hydrogens (tertiary/aromatic N) is 3. The fraction of sp³-hybridized carbons (Fsp3) is 0.519. The highest BCUT2D eigenvalue weighted by Gasteiger charge is 2.26. The summed E-state index contributed by atoms with van der Waals surface area (Å²) in [6.45, 7) is 14.2. The largest absolute Gasteiger partial charge is 0.464 e. The molecular weight excluding hydrogens is 444 g/mol. The summed E-state index contributed by atoms with van der Waals surface area (Å²) in [6.07, 6.45) is 0.917. The van der Waals surface area contributed by atoms with Crippen LogP contribution < -0.4 is 10.9 Å². The van der Waals surface area contributed by atoms with Gasteiger partial charge in [-0.05, 0) is 56.9 Å². The van der Waals surface area contributed by atoms with Crippen molar-refractivity contribution in [3.63, 3.8) is 0 Å². The SMILES string of the molecule is Cc1cc(-c2nc3cc(CNC(C(=O)OCC(C)(C)C)C(C)O)ccc3n2C(C)C)cn(C)c1=O. The number of pyridine rings is 1. The van der Waals surface area contributed by atoms with Crippen molar-refractivity contribution >= 4 is 17.0 Å². The van der Waals surface area contributed by atoms with E-state index in [4.69, 9.17) is 9.72 Å². The lowest BCUT2D eigenvalue weighted by Crippen LogP contribution is -2.46. The van der Waals surface area contributed by atoms with E-state index in [-0.39, 0.29) is 23.6 Å². The number of esters is 1. The fourth-order valence-corrected chi connectivity index (χ4v) is 4.04. The number of hydrogen-bond acceptors (Lipinski definition) is 6. The number of aliphatic hydroxyl groups is 1. The number of aliphatic hydroxyl groups excluding tert-OH is 1. The molecule has 0 spiro atoms. The van der Waals surface area contributed by atoms with Gasteiger partial charge >= 0.3 is 5.97 Å². The predicted octanol–water partition coefficient (Wildman–Crippen LogP) is 3.72. The van der Waals surface area contributed by atoms with Crippen LogP contribution in [0.1, 0.15) is 58.7 Å². The van der Waals surface area contributed by atoms with Crippen LogP contribution in [-0.4, -0.2) is 43.9 Å². The van der Waals surface area contributed by atoms with E-state index < -0.39 is 18.1 Å². The number of aryl methyl sites for hydroxylation is 2. The van der Waals surface area contributed by atoms with Crippen molar-refractivity contribution in [3.8, 4) is 11.4 Å². The summed E-state index contributed by atoms with van der Waals surface area (Å²) in [6, 6.07) is 7.21. The second-order valence-corrected chi connectivity index (χ2v) is 10.8. The van der Waals surface area contributed by atoms with Crippen molar-refractivity contribution in [3.05, 3.63) is 51.9 Å². The summed E-state index contributed by atoms with van der Waals surface area (Å²) in [5, 5.41) is 13.3. The first-order chi connectivity index (χ1) is 16.3. The molecule has 8 nitrogen and oxygen atoms in total. The minimum absolute atomic E-state index is 0.0250. The molecule has 0 saturated heterocycles. The van der Waals surface area contributed by atoms with Gasteiger partial charge in [0.2, 0.25) is 0 Å². The standard InChI is InChI=1S/C27H38N4O4/c1-16(2)31-22-10-9-19(13-28-23(18(4)32)26(34)35-15-27(5,6)7)12-21(22)29-24(31)20-11-17(3)25(33)30(8)14-20/h9-12,14,16,18,23,28,32H,13,15H2,1-8H3. The van der Waals surface area contributed by atoms with Crippen molar-refractivity contribution < 1.29 is 14.6 Å². The first-order valence-electron chi connectivity index (χ1n) is 12.0. The molecule has 0 aliphatic carbocycles. The molecule has 0 aliphatic heterocycles. The molecule has 190 valence electrons. The number of rotatable bonds is 8. The summed E-state index contributed by atoms with van der Waals surface area (Å²) in [5.41, 5.74) is 4.11. The summed E-state index contributed by atoms with van der Waals surface area (Å²) < 4.78 is 9.15. The first kappa shape index (κ1) is 26.6. The normalized spacial score (nSPS) is 13.9. The average Bonchev–Trinajstić information content (AvgIpc) is 3.14. The highest BCUT2D eigenvalue weighted by atomic mass is 16.5. The van der Waals surface area contributed by atoms with Gasteiger partial charge in [-0.1, -0.05) is 26.8 Å². The molecule has 3 aromatic rings. The van der Waals surface area contributed by atoms with Gasteiger partial charge in [-0.25, -0.2) is 4.98 Å². The van der Waals surface area contributed by atoms with Gasteiger partial charge in [0, 0.05) is 37.0 Å². The summed E-state index contributed by atoms with van der Waals surface area (Å²) in [4.78, 5) is 29.6. The molecular formula is C27H38N4O4. The summed E-state index contributed by atoms with van der Waals surface area (Å²) in [7, 11) is 1.75. The van der Waals surface area contributed by atoms with Crippen molar-refractivity contribution in [1.82, 2.24) is 19.4 Å². The van der Waals surface area contributed by atoms with Crippen LogP contribution in [0.3, 0.4) is 0 Å². The average molecular weight is 483 g/mol. The Morgan fingerprint density at radius 2 is 1.89 bits per heavy atom. The molecule has 0 amide bonds. The Morgan fingerprint density at radius 3 is 2.46 bits per heavy atom. The van der Waals surface area contributed by atoms with Crippen LogP contribution in [0.15, 0.2) is 35.3 Å². The lowest BCUT2D eigenvalue weighted by molar-refractivity contribution is -0.151. The van der Waals surface area contributed by atoms with Gasteiger partial charge in [0.15, 0.2) is 0 Å². The Balaban J connectivity index is 1.89. The molecule has 0 radical (unpaired) electrons. The van der Waals surface area contributed by atoms with Gasteiger partial charge in [-0.3, -0.25) is 14.9 Å². The molecule has 0 saturated carbocycles. The number of aromatic nitrogens is 3. The Hall–Kier alpha value is -2.97. The minimum Gasteiger partial charge on any atom is -0.464 e. The third-order valence-corrected chi connectivity index (χ3v) is 5.80. The lowest BCUT2D eigenvalue weighted by atomic mass is 9.98. The molecule has 2 atom stereocenters. The minimum atomic E-state index is -0.897. The van der Waals surface area contributed by atoms with E-state index >= 15 is 0 Å². The molecule has 0 fully saturated rings. The van der Waals surface area contributed by atoms with E-state index in [0.717, 1.165) is 28.0 Å². The van der Waals surface area contributed by atoms with Crippen molar-refractivity contribution in [2.24, 2.45) is 12.5 Å². The zero-order chi connectivity index (χ0) is 26.1. The number of nitrogens with one attached hydrogen (secondary N) is 1. The van der Waals surface area contributed by atoms with Crippen LogP contribution in [0.4, 0.5) is 0 Å². The number of carbonyl (C=O) groups is 1. The maximum atomic E-state index is 12.5. The van der Waals surface area contributed by atoms with Crippen LogP contribution in [-0.2, 0) is 23.1 Å². The number of imidazole rings is 1. The Kier molecular flexibility index (Phi) is 7.87. The molecule has 0 bridgehead atoms. The number of hydrogen-bond donors (Lipinski definition) is 2. The Morgan fingerprint density at radius 1 is 1.20 bits per heavy atom. The van der Waals surface area contributed by atoms with E-state index in [1.54, 1.807) is 18.5 Å². The Bertz CT molecular complexity index is 1240. The highest BCUT2D eigenvalue weighted by Crippen LogP contribution is 2.29. The molecule has 2 unspecified atom stereocenters. The third-order valence-electron chi connectivity index (χ3n) is 5.80. The van der Waals surface area contributed by atoms with Crippen LogP contribution >= 0.6 is 0 Å². The first-order valence-corrected chi connectivity index (χ1v) is 12.0. The predicted molar refractivity (Wildman–Crippen MR) is 138 cm³/mol. The van der Waals surface area contributed by atoms with Crippen molar-refractivity contribution in [2.75, 3.05) is 6.61 Å². The van der Waals surface area contributed by atoms with Crippen molar-refractivity contribution in [2.45, 2.75) is 73.2 Å². The number of fused-ring (bicyclic) bond motifs is 1.